The number of carbonyl (C=O) groups is 1. The van der Waals surface area contributed by atoms with Crippen LogP contribution in [0.5, 0.6) is 17.2 Å². The van der Waals surface area contributed by atoms with Gasteiger partial charge in [0.2, 0.25) is 18.4 Å². The lowest BCUT2D eigenvalue weighted by molar-refractivity contribution is -0.134. The van der Waals surface area contributed by atoms with Crippen LogP contribution >= 0.6 is 0 Å². The molecule has 0 spiro atoms. The Morgan fingerprint density at radius 3 is 2.69 bits per heavy atom. The molecule has 4 rings (SSSR count). The molecule has 1 amide bonds. The van der Waals surface area contributed by atoms with Crippen molar-refractivity contribution in [1.82, 2.24) is 4.90 Å². The van der Waals surface area contributed by atoms with Crippen molar-refractivity contribution in [1.29, 1.82) is 0 Å². The predicted octanol–water partition coefficient (Wildman–Crippen LogP) is 1.24. The number of amides is 1. The number of rotatable bonds is 3. The van der Waals surface area contributed by atoms with E-state index in [1.807, 2.05) is 0 Å². The van der Waals surface area contributed by atoms with Crippen molar-refractivity contribution in [3.05, 3.63) is 27.6 Å². The van der Waals surface area contributed by atoms with Crippen LogP contribution < -0.4 is 19.8 Å². The van der Waals surface area contributed by atoms with Crippen molar-refractivity contribution < 1.29 is 28.2 Å². The molecule has 8 nitrogen and oxygen atoms in total. The van der Waals surface area contributed by atoms with Crippen LogP contribution in [0.15, 0.2) is 15.3 Å². The molecule has 1 saturated heterocycles. The third kappa shape index (κ3) is 2.66. The average Bonchev–Trinajstić information content (AvgIpc) is 3.14. The molecule has 0 atom stereocenters. The van der Waals surface area contributed by atoms with Gasteiger partial charge in [-0.05, 0) is 12.5 Å². The number of hydrogen-bond donors (Lipinski definition) is 0. The van der Waals surface area contributed by atoms with Crippen LogP contribution in [0.1, 0.15) is 11.1 Å². The molecule has 2 aliphatic rings. The highest BCUT2D eigenvalue weighted by Crippen LogP contribution is 2.47. The molecule has 8 heteroatoms. The number of fused-ring (bicyclic) bond motifs is 3. The van der Waals surface area contributed by atoms with Gasteiger partial charge < -0.3 is 28.3 Å². The maximum Gasteiger partial charge on any atom is 0.340 e. The van der Waals surface area contributed by atoms with Crippen molar-refractivity contribution in [3.63, 3.8) is 0 Å². The summed E-state index contributed by atoms with van der Waals surface area (Å²) >= 11 is 0. The second-order valence-corrected chi connectivity index (χ2v) is 6.18. The summed E-state index contributed by atoms with van der Waals surface area (Å²) in [6, 6.07) is 1.60. The molecule has 26 heavy (non-hydrogen) atoms. The number of nitrogens with zero attached hydrogens (tertiary/aromatic N) is 1. The molecule has 1 fully saturated rings. The van der Waals surface area contributed by atoms with Crippen LogP contribution in [0.25, 0.3) is 11.0 Å². The molecule has 2 aromatic rings. The van der Waals surface area contributed by atoms with E-state index in [0.717, 1.165) is 0 Å². The molecule has 0 unspecified atom stereocenters. The molecule has 0 bridgehead atoms. The molecule has 0 saturated carbocycles. The van der Waals surface area contributed by atoms with Gasteiger partial charge in [-0.1, -0.05) is 0 Å². The van der Waals surface area contributed by atoms with Gasteiger partial charge in [0.05, 0.1) is 37.7 Å². The van der Waals surface area contributed by atoms with Crippen molar-refractivity contribution in [2.75, 3.05) is 40.2 Å². The topological polar surface area (TPSA) is 87.4 Å². The Hall–Kier alpha value is -2.74. The van der Waals surface area contributed by atoms with Crippen LogP contribution in [-0.2, 0) is 16.0 Å². The third-order valence-corrected chi connectivity index (χ3v) is 4.76. The zero-order valence-corrected chi connectivity index (χ0v) is 14.6. The standard InChI is InChI=1S/C18H19NO7/c1-10-11(7-14(20)19-3-5-23-6-4-19)18(21)26-12-8-13(22-2)16-17(15(10)12)25-9-24-16/h8H,3-7,9H2,1-2H3. The van der Waals surface area contributed by atoms with E-state index in [4.69, 9.17) is 23.4 Å². The van der Waals surface area contributed by atoms with E-state index in [-0.39, 0.29) is 19.1 Å². The Labute approximate surface area is 149 Å². The minimum atomic E-state index is -0.530. The fourth-order valence-corrected chi connectivity index (χ4v) is 3.35. The summed E-state index contributed by atoms with van der Waals surface area (Å²) < 4.78 is 27.1. The second kappa shape index (κ2) is 6.53. The molecule has 0 aliphatic carbocycles. The highest BCUT2D eigenvalue weighted by atomic mass is 16.7. The van der Waals surface area contributed by atoms with Gasteiger partial charge in [0.1, 0.15) is 5.58 Å². The van der Waals surface area contributed by atoms with Crippen LogP contribution in [0.2, 0.25) is 0 Å². The number of benzene rings is 1. The quantitative estimate of drug-likeness (QED) is 0.760. The molecule has 138 valence electrons. The average molecular weight is 361 g/mol. The van der Waals surface area contributed by atoms with Gasteiger partial charge in [0.25, 0.3) is 0 Å². The van der Waals surface area contributed by atoms with Crippen LogP contribution in [0.4, 0.5) is 0 Å². The van der Waals surface area contributed by atoms with Gasteiger partial charge in [-0.25, -0.2) is 4.79 Å². The molecule has 1 aromatic carbocycles. The van der Waals surface area contributed by atoms with E-state index in [1.165, 1.54) is 7.11 Å². The highest BCUT2D eigenvalue weighted by Gasteiger charge is 2.28. The van der Waals surface area contributed by atoms with E-state index >= 15 is 0 Å². The highest BCUT2D eigenvalue weighted by molar-refractivity contribution is 5.93. The maximum atomic E-state index is 12.6. The smallest absolute Gasteiger partial charge is 0.340 e. The maximum absolute atomic E-state index is 12.6. The Bertz CT molecular complexity index is 928. The SMILES string of the molecule is COc1cc2oc(=O)c(CC(=O)N3CCOCC3)c(C)c2c2c1OCO2. The molecular formula is C18H19NO7. The first-order valence-electron chi connectivity index (χ1n) is 8.38. The number of morpholine rings is 1. The van der Waals surface area contributed by atoms with Crippen molar-refractivity contribution in [2.24, 2.45) is 0 Å². The summed E-state index contributed by atoms with van der Waals surface area (Å²) in [7, 11) is 1.50. The van der Waals surface area contributed by atoms with E-state index in [2.05, 4.69) is 0 Å². The summed E-state index contributed by atoms with van der Waals surface area (Å²) in [5.41, 5.74) is 0.799. The summed E-state index contributed by atoms with van der Waals surface area (Å²) in [6.45, 7) is 3.92. The monoisotopic (exact) mass is 361 g/mol. The first-order chi connectivity index (χ1) is 12.6. The van der Waals surface area contributed by atoms with Gasteiger partial charge in [-0.2, -0.15) is 0 Å². The third-order valence-electron chi connectivity index (χ3n) is 4.76. The van der Waals surface area contributed by atoms with Gasteiger partial charge in [0.15, 0.2) is 11.5 Å². The second-order valence-electron chi connectivity index (χ2n) is 6.18. The van der Waals surface area contributed by atoms with Crippen molar-refractivity contribution >= 4 is 16.9 Å². The number of aryl methyl sites for hydroxylation is 1. The Balaban J connectivity index is 1.79. The van der Waals surface area contributed by atoms with Gasteiger partial charge in [-0.15, -0.1) is 0 Å². The van der Waals surface area contributed by atoms with Gasteiger partial charge in [0, 0.05) is 19.2 Å². The fourth-order valence-electron chi connectivity index (χ4n) is 3.35. The first kappa shape index (κ1) is 16.7. The van der Waals surface area contributed by atoms with Crippen LogP contribution in [0.3, 0.4) is 0 Å². The zero-order valence-electron chi connectivity index (χ0n) is 14.6. The molecule has 0 radical (unpaired) electrons. The lowest BCUT2D eigenvalue weighted by Gasteiger charge is -2.27. The number of hydrogen-bond acceptors (Lipinski definition) is 7. The van der Waals surface area contributed by atoms with E-state index in [9.17, 15) is 9.59 Å². The summed E-state index contributed by atoms with van der Waals surface area (Å²) in [5.74, 6) is 1.26. The summed E-state index contributed by atoms with van der Waals surface area (Å²) in [6.07, 6.45) is -0.0221. The van der Waals surface area contributed by atoms with E-state index < -0.39 is 5.63 Å². The molecular weight excluding hydrogens is 342 g/mol. The van der Waals surface area contributed by atoms with Crippen LogP contribution in [0, 0.1) is 6.92 Å². The first-order valence-corrected chi connectivity index (χ1v) is 8.38. The Morgan fingerprint density at radius 2 is 1.96 bits per heavy atom. The number of methoxy groups -OCH3 is 1. The minimum Gasteiger partial charge on any atom is -0.493 e. The van der Waals surface area contributed by atoms with Crippen molar-refractivity contribution in [2.45, 2.75) is 13.3 Å². The van der Waals surface area contributed by atoms with Crippen LogP contribution in [-0.4, -0.2) is 51.0 Å². The number of carbonyl (C=O) groups excluding carboxylic acids is 1. The Morgan fingerprint density at radius 1 is 1.23 bits per heavy atom. The zero-order chi connectivity index (χ0) is 18.3. The predicted molar refractivity (Wildman–Crippen MR) is 91.0 cm³/mol. The molecule has 3 heterocycles. The molecule has 2 aliphatic heterocycles. The fraction of sp³-hybridized carbons (Fsp3) is 0.444. The molecule has 0 N–H and O–H groups in total. The van der Waals surface area contributed by atoms with Gasteiger partial charge in [-0.3, -0.25) is 4.79 Å². The normalized spacial score (nSPS) is 16.2. The summed E-state index contributed by atoms with van der Waals surface area (Å²) in [5, 5.41) is 0.627. The van der Waals surface area contributed by atoms with Gasteiger partial charge >= 0.3 is 5.63 Å². The van der Waals surface area contributed by atoms with E-state index in [1.54, 1.807) is 17.9 Å². The lowest BCUT2D eigenvalue weighted by atomic mass is 10.0. The molecule has 1 aromatic heterocycles. The lowest BCUT2D eigenvalue weighted by Crippen LogP contribution is -2.42. The summed E-state index contributed by atoms with van der Waals surface area (Å²) in [4.78, 5) is 26.8. The van der Waals surface area contributed by atoms with E-state index in [0.29, 0.717) is 65.6 Å². The minimum absolute atomic E-state index is 0.0221. The Kier molecular flexibility index (Phi) is 4.20. The van der Waals surface area contributed by atoms with Crippen molar-refractivity contribution in [3.8, 4) is 17.2 Å². The number of ether oxygens (including phenoxy) is 4. The largest absolute Gasteiger partial charge is 0.493 e.